The van der Waals surface area contributed by atoms with Gasteiger partial charge in [0.2, 0.25) is 0 Å². The normalized spacial score (nSPS) is 11.7. The zero-order valence-electron chi connectivity index (χ0n) is 14.9. The van der Waals surface area contributed by atoms with E-state index in [1.807, 2.05) is 0 Å². The molecule has 3 nitrogen and oxygen atoms in total. The Labute approximate surface area is 132 Å². The first-order valence-corrected chi connectivity index (χ1v) is 8.86. The molecular formula is C18H38O3. The molecule has 0 aromatic carbocycles. The van der Waals surface area contributed by atoms with Crippen LogP contribution in [0.3, 0.4) is 0 Å². The predicted octanol–water partition coefficient (Wildman–Crippen LogP) is 4.69. The maximum Gasteiger partial charge on any atom is 0.0701 e. The number of hydrogen-bond donors (Lipinski definition) is 0. The Balaban J connectivity index is 2.96. The Kier molecular flexibility index (Phi) is 16.2. The highest BCUT2D eigenvalue weighted by Gasteiger charge is 1.96. The fourth-order valence-corrected chi connectivity index (χ4v) is 1.97. The molecule has 0 aromatic rings. The molecule has 0 aliphatic heterocycles. The first-order chi connectivity index (χ1) is 10.1. The maximum absolute atomic E-state index is 5.55. The molecule has 0 radical (unpaired) electrons. The molecule has 0 N–H and O–H groups in total. The average molecular weight is 302 g/mol. The van der Waals surface area contributed by atoms with Gasteiger partial charge < -0.3 is 14.2 Å². The monoisotopic (exact) mass is 302 g/mol. The lowest BCUT2D eigenvalue weighted by molar-refractivity contribution is 0.0122. The number of hydrogen-bond acceptors (Lipinski definition) is 3. The van der Waals surface area contributed by atoms with Gasteiger partial charge in [0.15, 0.2) is 0 Å². The number of ether oxygens (including phenoxy) is 3. The topological polar surface area (TPSA) is 27.7 Å². The van der Waals surface area contributed by atoms with Crippen LogP contribution < -0.4 is 0 Å². The molecule has 0 aliphatic rings. The summed E-state index contributed by atoms with van der Waals surface area (Å²) in [5.74, 6) is 1.55. The summed E-state index contributed by atoms with van der Waals surface area (Å²) in [6, 6.07) is 0. The molecule has 0 atom stereocenters. The van der Waals surface area contributed by atoms with E-state index in [2.05, 4.69) is 27.7 Å². The van der Waals surface area contributed by atoms with Crippen molar-refractivity contribution in [3.63, 3.8) is 0 Å². The second kappa shape index (κ2) is 16.3. The van der Waals surface area contributed by atoms with Crippen molar-refractivity contribution >= 4 is 0 Å². The molecular weight excluding hydrogens is 264 g/mol. The average Bonchev–Trinajstić information content (AvgIpc) is 2.42. The van der Waals surface area contributed by atoms with E-state index in [9.17, 15) is 0 Å². The standard InChI is InChI=1S/C18H38O3/c1-17(2)9-7-5-6-8-11-19-13-15-21-16-14-20-12-10-18(3)4/h17-18H,5-16H2,1-4H3. The zero-order valence-corrected chi connectivity index (χ0v) is 14.9. The van der Waals surface area contributed by atoms with E-state index in [1.165, 1.54) is 32.1 Å². The molecule has 128 valence electrons. The third kappa shape index (κ3) is 19.9. The van der Waals surface area contributed by atoms with Crippen molar-refractivity contribution in [2.24, 2.45) is 11.8 Å². The lowest BCUT2D eigenvalue weighted by Crippen LogP contribution is -2.10. The Morgan fingerprint density at radius 3 is 1.52 bits per heavy atom. The second-order valence-electron chi connectivity index (χ2n) is 6.62. The fourth-order valence-electron chi connectivity index (χ4n) is 1.97. The molecule has 0 heterocycles. The third-order valence-corrected chi connectivity index (χ3v) is 3.40. The van der Waals surface area contributed by atoms with E-state index in [1.54, 1.807) is 0 Å². The molecule has 3 heteroatoms. The highest BCUT2D eigenvalue weighted by Crippen LogP contribution is 2.09. The minimum atomic E-state index is 0.677. The first kappa shape index (κ1) is 20.9. The minimum Gasteiger partial charge on any atom is -0.379 e. The van der Waals surface area contributed by atoms with Crippen LogP contribution in [0.25, 0.3) is 0 Å². The van der Waals surface area contributed by atoms with Crippen LogP contribution in [0, 0.1) is 11.8 Å². The fraction of sp³-hybridized carbons (Fsp3) is 1.00. The SMILES string of the molecule is CC(C)CCCCCCOCCOCCOCCC(C)C. The van der Waals surface area contributed by atoms with Gasteiger partial charge in [-0.1, -0.05) is 53.4 Å². The molecule has 0 saturated heterocycles. The van der Waals surface area contributed by atoms with Crippen molar-refractivity contribution in [3.8, 4) is 0 Å². The highest BCUT2D eigenvalue weighted by molar-refractivity contribution is 4.48. The van der Waals surface area contributed by atoms with Gasteiger partial charge in [-0.15, -0.1) is 0 Å². The Bertz CT molecular complexity index is 173. The van der Waals surface area contributed by atoms with Gasteiger partial charge in [-0.25, -0.2) is 0 Å². The lowest BCUT2D eigenvalue weighted by Gasteiger charge is -2.08. The smallest absolute Gasteiger partial charge is 0.0701 e. The van der Waals surface area contributed by atoms with E-state index < -0.39 is 0 Å². The van der Waals surface area contributed by atoms with Gasteiger partial charge in [-0.05, 0) is 24.7 Å². The van der Waals surface area contributed by atoms with Gasteiger partial charge >= 0.3 is 0 Å². The molecule has 0 fully saturated rings. The quantitative estimate of drug-likeness (QED) is 0.387. The van der Waals surface area contributed by atoms with E-state index in [-0.39, 0.29) is 0 Å². The molecule has 0 saturated carbocycles. The van der Waals surface area contributed by atoms with Gasteiger partial charge in [0.25, 0.3) is 0 Å². The Hall–Kier alpha value is -0.120. The summed E-state index contributed by atoms with van der Waals surface area (Å²) < 4.78 is 16.5. The summed E-state index contributed by atoms with van der Waals surface area (Å²) in [5.41, 5.74) is 0. The van der Waals surface area contributed by atoms with Crippen molar-refractivity contribution < 1.29 is 14.2 Å². The Morgan fingerprint density at radius 2 is 0.952 bits per heavy atom. The lowest BCUT2D eigenvalue weighted by atomic mass is 10.0. The van der Waals surface area contributed by atoms with Crippen LogP contribution in [0.2, 0.25) is 0 Å². The van der Waals surface area contributed by atoms with Crippen LogP contribution in [-0.2, 0) is 14.2 Å². The van der Waals surface area contributed by atoms with Crippen molar-refractivity contribution in [2.45, 2.75) is 66.2 Å². The maximum atomic E-state index is 5.55. The van der Waals surface area contributed by atoms with Crippen molar-refractivity contribution in [1.82, 2.24) is 0 Å². The van der Waals surface area contributed by atoms with Crippen LogP contribution in [-0.4, -0.2) is 39.6 Å². The van der Waals surface area contributed by atoms with Crippen LogP contribution >= 0.6 is 0 Å². The summed E-state index contributed by atoms with van der Waals surface area (Å²) in [6.07, 6.45) is 7.64. The Morgan fingerprint density at radius 1 is 0.476 bits per heavy atom. The van der Waals surface area contributed by atoms with Crippen molar-refractivity contribution in [3.05, 3.63) is 0 Å². The van der Waals surface area contributed by atoms with Gasteiger partial charge in [0.1, 0.15) is 0 Å². The highest BCUT2D eigenvalue weighted by atomic mass is 16.5. The largest absolute Gasteiger partial charge is 0.379 e. The number of rotatable bonds is 16. The summed E-state index contributed by atoms with van der Waals surface area (Å²) in [7, 11) is 0. The van der Waals surface area contributed by atoms with Crippen LogP contribution in [0.4, 0.5) is 0 Å². The first-order valence-electron chi connectivity index (χ1n) is 8.86. The van der Waals surface area contributed by atoms with Gasteiger partial charge in [-0.3, -0.25) is 0 Å². The number of unbranched alkanes of at least 4 members (excludes halogenated alkanes) is 3. The molecule has 0 rings (SSSR count). The minimum absolute atomic E-state index is 0.677. The summed E-state index contributed by atoms with van der Waals surface area (Å²) in [6.45, 7) is 13.5. The van der Waals surface area contributed by atoms with Crippen molar-refractivity contribution in [2.75, 3.05) is 39.6 Å². The molecule has 0 amide bonds. The molecule has 0 bridgehead atoms. The van der Waals surface area contributed by atoms with Gasteiger partial charge in [-0.2, -0.15) is 0 Å². The third-order valence-electron chi connectivity index (χ3n) is 3.40. The second-order valence-corrected chi connectivity index (χ2v) is 6.62. The molecule has 0 aliphatic carbocycles. The van der Waals surface area contributed by atoms with Crippen LogP contribution in [0.5, 0.6) is 0 Å². The van der Waals surface area contributed by atoms with E-state index in [0.29, 0.717) is 32.3 Å². The summed E-state index contributed by atoms with van der Waals surface area (Å²) in [4.78, 5) is 0. The zero-order chi connectivity index (χ0) is 15.8. The summed E-state index contributed by atoms with van der Waals surface area (Å²) in [5, 5.41) is 0. The van der Waals surface area contributed by atoms with E-state index in [4.69, 9.17) is 14.2 Å². The molecule has 21 heavy (non-hydrogen) atoms. The summed E-state index contributed by atoms with van der Waals surface area (Å²) >= 11 is 0. The predicted molar refractivity (Wildman–Crippen MR) is 89.8 cm³/mol. The van der Waals surface area contributed by atoms with Gasteiger partial charge in [0, 0.05) is 13.2 Å². The van der Waals surface area contributed by atoms with E-state index in [0.717, 1.165) is 25.6 Å². The molecule has 0 aromatic heterocycles. The molecule has 0 spiro atoms. The van der Waals surface area contributed by atoms with E-state index >= 15 is 0 Å². The van der Waals surface area contributed by atoms with Crippen LogP contribution in [0.1, 0.15) is 66.2 Å². The van der Waals surface area contributed by atoms with Crippen molar-refractivity contribution in [1.29, 1.82) is 0 Å². The van der Waals surface area contributed by atoms with Crippen LogP contribution in [0.15, 0.2) is 0 Å². The van der Waals surface area contributed by atoms with Gasteiger partial charge in [0.05, 0.1) is 26.4 Å². The molecule has 0 unspecified atom stereocenters.